The summed E-state index contributed by atoms with van der Waals surface area (Å²) in [7, 11) is 0. The number of rotatable bonds is 2. The van der Waals surface area contributed by atoms with Crippen LogP contribution in [-0.2, 0) is 0 Å². The molecule has 0 atom stereocenters. The Labute approximate surface area is 82.2 Å². The molecule has 1 amide bonds. The van der Waals surface area contributed by atoms with Crippen molar-refractivity contribution in [1.29, 1.82) is 0 Å². The van der Waals surface area contributed by atoms with Gasteiger partial charge in [-0.1, -0.05) is 6.07 Å². The quantitative estimate of drug-likeness (QED) is 0.742. The van der Waals surface area contributed by atoms with Gasteiger partial charge in [-0.05, 0) is 18.2 Å². The van der Waals surface area contributed by atoms with Gasteiger partial charge >= 0.3 is 0 Å². The summed E-state index contributed by atoms with van der Waals surface area (Å²) in [5, 5.41) is 0. The number of carbonyl (C=O) groups is 1. The van der Waals surface area contributed by atoms with Gasteiger partial charge in [0.15, 0.2) is 0 Å². The van der Waals surface area contributed by atoms with E-state index in [1.807, 2.05) is 0 Å². The largest absolute Gasteiger partial charge is 0.364 e. The average molecular weight is 188 g/mol. The van der Waals surface area contributed by atoms with Crippen molar-refractivity contribution in [2.75, 3.05) is 0 Å². The van der Waals surface area contributed by atoms with Gasteiger partial charge < -0.3 is 10.7 Å². The Kier molecular flexibility index (Phi) is 1.74. The maximum Gasteiger partial charge on any atom is 0.265 e. The molecule has 0 aromatic carbocycles. The minimum absolute atomic E-state index is 0.211. The van der Waals surface area contributed by atoms with E-state index in [1.54, 1.807) is 24.4 Å². The summed E-state index contributed by atoms with van der Waals surface area (Å²) >= 11 is 0. The molecule has 0 aliphatic rings. The molecule has 14 heavy (non-hydrogen) atoms. The van der Waals surface area contributed by atoms with E-state index >= 15 is 0 Å². The topological polar surface area (TPSA) is 71.8 Å². The molecule has 2 heterocycles. The maximum absolute atomic E-state index is 11.1. The third kappa shape index (κ3) is 1.37. The molecule has 0 spiro atoms. The Hall–Kier alpha value is -2.10. The molecule has 3 N–H and O–H groups in total. The molecular weight excluding hydrogens is 178 g/mol. The SMILES string of the molecule is [2H]c1c[nH]c(C(N)=O)c1-c1ccccn1. The van der Waals surface area contributed by atoms with Gasteiger partial charge in [-0.25, -0.2) is 0 Å². The van der Waals surface area contributed by atoms with Crippen LogP contribution >= 0.6 is 0 Å². The van der Waals surface area contributed by atoms with Crippen molar-refractivity contribution in [3.05, 3.63) is 42.3 Å². The molecular formula is C10H9N3O. The Morgan fingerprint density at radius 2 is 2.43 bits per heavy atom. The van der Waals surface area contributed by atoms with E-state index in [-0.39, 0.29) is 11.7 Å². The van der Waals surface area contributed by atoms with Gasteiger partial charge in [0.1, 0.15) is 5.69 Å². The molecule has 2 aromatic rings. The summed E-state index contributed by atoms with van der Waals surface area (Å²) in [5.74, 6) is -0.589. The number of nitrogens with two attached hydrogens (primary N) is 1. The molecule has 0 aliphatic carbocycles. The first-order chi connectivity index (χ1) is 7.20. The number of aromatic nitrogens is 2. The molecule has 0 radical (unpaired) electrons. The fraction of sp³-hybridized carbons (Fsp3) is 0. The summed E-state index contributed by atoms with van der Waals surface area (Å²) < 4.78 is 7.64. The van der Waals surface area contributed by atoms with Gasteiger partial charge in [0.05, 0.1) is 7.06 Å². The van der Waals surface area contributed by atoms with Crippen LogP contribution in [0.3, 0.4) is 0 Å². The van der Waals surface area contributed by atoms with Crippen LogP contribution in [0.1, 0.15) is 11.9 Å². The molecule has 0 bridgehead atoms. The molecule has 2 aromatic heterocycles. The molecule has 0 saturated carbocycles. The standard InChI is InChI=1S/C10H9N3O/c11-10(14)9-7(4-6-13-9)8-3-1-2-5-12-8/h1-6,13H,(H2,11,14)/i4D. The number of aromatic amines is 1. The van der Waals surface area contributed by atoms with Crippen LogP contribution in [0, 0.1) is 0 Å². The lowest BCUT2D eigenvalue weighted by molar-refractivity contribution is 0.0997. The van der Waals surface area contributed by atoms with E-state index in [9.17, 15) is 4.79 Å². The molecule has 2 rings (SSSR count). The number of carbonyl (C=O) groups excluding carboxylic acids is 1. The first-order valence-corrected chi connectivity index (χ1v) is 4.09. The van der Waals surface area contributed by atoms with Crippen LogP contribution in [0.15, 0.2) is 36.6 Å². The van der Waals surface area contributed by atoms with Gasteiger partial charge in [0.25, 0.3) is 5.91 Å². The van der Waals surface area contributed by atoms with Gasteiger partial charge in [-0.3, -0.25) is 9.78 Å². The number of hydrogen-bond donors (Lipinski definition) is 2. The number of nitrogens with one attached hydrogen (secondary N) is 1. The van der Waals surface area contributed by atoms with E-state index in [0.717, 1.165) is 0 Å². The van der Waals surface area contributed by atoms with Crippen LogP contribution in [-0.4, -0.2) is 15.9 Å². The number of pyridine rings is 1. The smallest absolute Gasteiger partial charge is 0.265 e. The van der Waals surface area contributed by atoms with E-state index in [1.165, 1.54) is 6.20 Å². The van der Waals surface area contributed by atoms with Crippen molar-refractivity contribution in [3.8, 4) is 11.3 Å². The Balaban J connectivity index is 2.62. The van der Waals surface area contributed by atoms with E-state index in [4.69, 9.17) is 7.10 Å². The normalized spacial score (nSPS) is 11.0. The molecule has 0 saturated heterocycles. The predicted octanol–water partition coefficient (Wildman–Crippen LogP) is 1.18. The molecule has 0 fully saturated rings. The van der Waals surface area contributed by atoms with Crippen LogP contribution < -0.4 is 5.73 Å². The third-order valence-electron chi connectivity index (χ3n) is 1.85. The second-order valence-corrected chi connectivity index (χ2v) is 2.76. The second-order valence-electron chi connectivity index (χ2n) is 2.76. The van der Waals surface area contributed by atoms with Crippen molar-refractivity contribution in [2.24, 2.45) is 5.73 Å². The number of nitrogens with zero attached hydrogens (tertiary/aromatic N) is 1. The van der Waals surface area contributed by atoms with Crippen LogP contribution in [0.25, 0.3) is 11.3 Å². The zero-order valence-corrected chi connectivity index (χ0v) is 7.32. The van der Waals surface area contributed by atoms with Crippen LogP contribution in [0.2, 0.25) is 0 Å². The van der Waals surface area contributed by atoms with Crippen molar-refractivity contribution < 1.29 is 6.17 Å². The number of primary amides is 1. The predicted molar refractivity (Wildman–Crippen MR) is 52.5 cm³/mol. The highest BCUT2D eigenvalue weighted by Crippen LogP contribution is 2.19. The molecule has 70 valence electrons. The zero-order valence-electron chi connectivity index (χ0n) is 8.32. The maximum atomic E-state index is 11.1. The first kappa shape index (κ1) is 7.32. The second kappa shape index (κ2) is 3.33. The molecule has 4 nitrogen and oxygen atoms in total. The highest BCUT2D eigenvalue weighted by Gasteiger charge is 2.10. The Morgan fingerprint density at radius 3 is 3.07 bits per heavy atom. The molecule has 4 heteroatoms. The highest BCUT2D eigenvalue weighted by molar-refractivity contribution is 5.97. The lowest BCUT2D eigenvalue weighted by atomic mass is 10.1. The lowest BCUT2D eigenvalue weighted by Crippen LogP contribution is -2.12. The fourth-order valence-corrected chi connectivity index (χ4v) is 1.23. The van der Waals surface area contributed by atoms with Gasteiger partial charge in [-0.15, -0.1) is 0 Å². The van der Waals surface area contributed by atoms with E-state index < -0.39 is 5.91 Å². The van der Waals surface area contributed by atoms with Crippen molar-refractivity contribution >= 4 is 5.91 Å². The third-order valence-corrected chi connectivity index (χ3v) is 1.85. The number of H-pyrrole nitrogens is 1. The zero-order chi connectivity index (χ0) is 10.8. The van der Waals surface area contributed by atoms with Gasteiger partial charge in [-0.2, -0.15) is 0 Å². The summed E-state index contributed by atoms with van der Waals surface area (Å²) in [5.41, 5.74) is 6.42. The summed E-state index contributed by atoms with van der Waals surface area (Å²) in [6, 6.07) is 5.50. The van der Waals surface area contributed by atoms with Gasteiger partial charge in [0, 0.05) is 18.0 Å². The summed E-state index contributed by atoms with van der Waals surface area (Å²) in [6.07, 6.45) is 3.02. The summed E-state index contributed by atoms with van der Waals surface area (Å²) in [4.78, 5) is 17.8. The summed E-state index contributed by atoms with van der Waals surface area (Å²) in [6.45, 7) is 0. The average Bonchev–Trinajstić information content (AvgIpc) is 2.61. The fourth-order valence-electron chi connectivity index (χ4n) is 1.23. The molecule has 0 aliphatic heterocycles. The highest BCUT2D eigenvalue weighted by atomic mass is 16.1. The Morgan fingerprint density at radius 1 is 1.57 bits per heavy atom. The number of hydrogen-bond acceptors (Lipinski definition) is 2. The van der Waals surface area contributed by atoms with Gasteiger partial charge in [0.2, 0.25) is 0 Å². The minimum Gasteiger partial charge on any atom is -0.364 e. The monoisotopic (exact) mass is 188 g/mol. The molecule has 0 unspecified atom stereocenters. The van der Waals surface area contributed by atoms with Crippen molar-refractivity contribution in [3.63, 3.8) is 0 Å². The van der Waals surface area contributed by atoms with Crippen LogP contribution in [0.4, 0.5) is 0 Å². The minimum atomic E-state index is -0.589. The van der Waals surface area contributed by atoms with Crippen molar-refractivity contribution in [2.45, 2.75) is 0 Å². The van der Waals surface area contributed by atoms with Crippen molar-refractivity contribution in [1.82, 2.24) is 9.97 Å². The first-order valence-electron chi connectivity index (χ1n) is 4.59. The lowest BCUT2D eigenvalue weighted by Gasteiger charge is -1.98. The number of amides is 1. The Bertz CT molecular complexity index is 493. The van der Waals surface area contributed by atoms with E-state index in [2.05, 4.69) is 9.97 Å². The van der Waals surface area contributed by atoms with E-state index in [0.29, 0.717) is 11.3 Å². The van der Waals surface area contributed by atoms with Crippen LogP contribution in [0.5, 0.6) is 0 Å².